The molecule has 0 saturated carbocycles. The van der Waals surface area contributed by atoms with Gasteiger partial charge in [-0.05, 0) is 19.4 Å². The molecule has 1 fully saturated rings. The third-order valence-electron chi connectivity index (χ3n) is 3.43. The summed E-state index contributed by atoms with van der Waals surface area (Å²) in [7, 11) is 0. The highest BCUT2D eigenvalue weighted by Gasteiger charge is 2.32. The fraction of sp³-hybridized carbons (Fsp3) is 0.467. The third-order valence-corrected chi connectivity index (χ3v) is 3.43. The fourth-order valence-electron chi connectivity index (χ4n) is 2.31. The lowest BCUT2D eigenvalue weighted by atomic mass is 10.1. The Kier molecular flexibility index (Phi) is 4.20. The molecule has 1 heterocycles. The Morgan fingerprint density at radius 1 is 1.37 bits per heavy atom. The normalized spacial score (nSPS) is 18.5. The van der Waals surface area contributed by atoms with Gasteiger partial charge in [0, 0.05) is 25.6 Å². The van der Waals surface area contributed by atoms with Crippen LogP contribution in [0.2, 0.25) is 0 Å². The largest absolute Gasteiger partial charge is 0.355 e. The van der Waals surface area contributed by atoms with Gasteiger partial charge in [0.15, 0.2) is 0 Å². The minimum atomic E-state index is -0.210. The molecule has 1 N–H and O–H groups in total. The Morgan fingerprint density at radius 2 is 2.05 bits per heavy atom. The van der Waals surface area contributed by atoms with E-state index in [9.17, 15) is 9.59 Å². The number of carbonyl (C=O) groups excluding carboxylic acids is 2. The van der Waals surface area contributed by atoms with Crippen molar-refractivity contribution in [2.45, 2.75) is 32.9 Å². The second kappa shape index (κ2) is 5.87. The molecule has 1 aromatic rings. The molecule has 0 aromatic heterocycles. The molecule has 4 nitrogen and oxygen atoms in total. The molecule has 1 unspecified atom stereocenters. The third kappa shape index (κ3) is 3.34. The number of carbonyl (C=O) groups is 2. The van der Waals surface area contributed by atoms with Crippen molar-refractivity contribution in [2.24, 2.45) is 5.92 Å². The molecule has 1 aromatic carbocycles. The number of rotatable bonds is 4. The van der Waals surface area contributed by atoms with E-state index in [4.69, 9.17) is 0 Å². The molecule has 2 rings (SSSR count). The fourth-order valence-corrected chi connectivity index (χ4v) is 2.31. The molecular formula is C15H20N2O2. The van der Waals surface area contributed by atoms with Crippen molar-refractivity contribution in [3.8, 4) is 0 Å². The first-order chi connectivity index (χ1) is 9.08. The topological polar surface area (TPSA) is 49.4 Å². The summed E-state index contributed by atoms with van der Waals surface area (Å²) in [5, 5.41) is 2.72. The van der Waals surface area contributed by atoms with Gasteiger partial charge in [0.25, 0.3) is 0 Å². The zero-order chi connectivity index (χ0) is 13.8. The van der Waals surface area contributed by atoms with Crippen molar-refractivity contribution in [3.05, 3.63) is 35.9 Å². The van der Waals surface area contributed by atoms with E-state index < -0.39 is 0 Å². The lowest BCUT2D eigenvalue weighted by Gasteiger charge is -2.29. The highest BCUT2D eigenvalue weighted by atomic mass is 16.2. The van der Waals surface area contributed by atoms with Crippen molar-refractivity contribution in [2.75, 3.05) is 6.54 Å². The van der Waals surface area contributed by atoms with Gasteiger partial charge in [0.05, 0.1) is 5.92 Å². The summed E-state index contributed by atoms with van der Waals surface area (Å²) in [6, 6.07) is 10.1. The van der Waals surface area contributed by atoms with Crippen LogP contribution in [0.15, 0.2) is 30.3 Å². The zero-order valence-corrected chi connectivity index (χ0v) is 11.4. The highest BCUT2D eigenvalue weighted by Crippen LogP contribution is 2.17. The Morgan fingerprint density at radius 3 is 2.58 bits per heavy atom. The standard InChI is InChI=1S/C15H20N2O2/c1-11(2)17(10-12-6-4-3-5-7-12)15(19)13-8-14(18)16-9-13/h3-7,11,13H,8-10H2,1-2H3,(H,16,18). The first kappa shape index (κ1) is 13.6. The number of nitrogens with one attached hydrogen (secondary N) is 1. The monoisotopic (exact) mass is 260 g/mol. The molecule has 1 aliphatic rings. The molecular weight excluding hydrogens is 240 g/mol. The lowest BCUT2D eigenvalue weighted by Crippen LogP contribution is -2.41. The summed E-state index contributed by atoms with van der Waals surface area (Å²) >= 11 is 0. The molecule has 102 valence electrons. The van der Waals surface area contributed by atoms with Crippen molar-refractivity contribution in [1.29, 1.82) is 0 Å². The summed E-state index contributed by atoms with van der Waals surface area (Å²) in [6.45, 7) is 5.08. The van der Waals surface area contributed by atoms with Crippen molar-refractivity contribution in [1.82, 2.24) is 10.2 Å². The second-order valence-electron chi connectivity index (χ2n) is 5.25. The lowest BCUT2D eigenvalue weighted by molar-refractivity contribution is -0.138. The van der Waals surface area contributed by atoms with Crippen LogP contribution < -0.4 is 5.32 Å². The highest BCUT2D eigenvalue weighted by molar-refractivity contribution is 5.89. The van der Waals surface area contributed by atoms with E-state index in [0.717, 1.165) is 5.56 Å². The van der Waals surface area contributed by atoms with E-state index in [2.05, 4.69) is 5.32 Å². The number of nitrogens with zero attached hydrogens (tertiary/aromatic N) is 1. The zero-order valence-electron chi connectivity index (χ0n) is 11.4. The van der Waals surface area contributed by atoms with Crippen molar-refractivity contribution in [3.63, 3.8) is 0 Å². The van der Waals surface area contributed by atoms with Gasteiger partial charge < -0.3 is 10.2 Å². The maximum atomic E-state index is 12.5. The minimum absolute atomic E-state index is 0.0261. The van der Waals surface area contributed by atoms with Gasteiger partial charge in [-0.15, -0.1) is 0 Å². The Labute approximate surface area is 113 Å². The van der Waals surface area contributed by atoms with Crippen LogP contribution in [0.5, 0.6) is 0 Å². The maximum absolute atomic E-state index is 12.5. The molecule has 1 atom stereocenters. The van der Waals surface area contributed by atoms with Gasteiger partial charge in [-0.3, -0.25) is 9.59 Å². The van der Waals surface area contributed by atoms with E-state index in [0.29, 0.717) is 19.5 Å². The second-order valence-corrected chi connectivity index (χ2v) is 5.25. The Hall–Kier alpha value is -1.84. The van der Waals surface area contributed by atoms with Gasteiger partial charge in [0.2, 0.25) is 11.8 Å². The summed E-state index contributed by atoms with van der Waals surface area (Å²) in [5.41, 5.74) is 1.11. The van der Waals surface area contributed by atoms with Crippen LogP contribution in [0, 0.1) is 5.92 Å². The van der Waals surface area contributed by atoms with E-state index in [-0.39, 0.29) is 23.8 Å². The predicted molar refractivity (Wildman–Crippen MR) is 73.2 cm³/mol. The first-order valence-corrected chi connectivity index (χ1v) is 6.69. The molecule has 4 heteroatoms. The molecule has 0 aliphatic carbocycles. The SMILES string of the molecule is CC(C)N(Cc1ccccc1)C(=O)C1CNC(=O)C1. The van der Waals surface area contributed by atoms with E-state index >= 15 is 0 Å². The maximum Gasteiger partial charge on any atom is 0.228 e. The average molecular weight is 260 g/mol. The Bertz CT molecular complexity index is 456. The van der Waals surface area contributed by atoms with Gasteiger partial charge in [0.1, 0.15) is 0 Å². The van der Waals surface area contributed by atoms with Crippen molar-refractivity contribution >= 4 is 11.8 Å². The first-order valence-electron chi connectivity index (χ1n) is 6.69. The van der Waals surface area contributed by atoms with Crippen molar-refractivity contribution < 1.29 is 9.59 Å². The average Bonchev–Trinajstić information content (AvgIpc) is 2.83. The van der Waals surface area contributed by atoms with Crippen LogP contribution in [0.25, 0.3) is 0 Å². The van der Waals surface area contributed by atoms with Crippen LogP contribution in [0.3, 0.4) is 0 Å². The molecule has 19 heavy (non-hydrogen) atoms. The van der Waals surface area contributed by atoms with E-state index in [1.54, 1.807) is 0 Å². The van der Waals surface area contributed by atoms with E-state index in [1.165, 1.54) is 0 Å². The summed E-state index contributed by atoms with van der Waals surface area (Å²) in [6.07, 6.45) is 0.316. The quantitative estimate of drug-likeness (QED) is 0.893. The molecule has 1 aliphatic heterocycles. The number of hydrogen-bond acceptors (Lipinski definition) is 2. The van der Waals surface area contributed by atoms with Crippen LogP contribution >= 0.6 is 0 Å². The summed E-state index contributed by atoms with van der Waals surface area (Å²) < 4.78 is 0. The Balaban J connectivity index is 2.07. The number of hydrogen-bond donors (Lipinski definition) is 1. The van der Waals surface area contributed by atoms with Gasteiger partial charge >= 0.3 is 0 Å². The van der Waals surface area contributed by atoms with E-state index in [1.807, 2.05) is 49.1 Å². The molecule has 0 radical (unpaired) electrons. The summed E-state index contributed by atoms with van der Waals surface area (Å²) in [5.74, 6) is -0.169. The molecule has 1 saturated heterocycles. The minimum Gasteiger partial charge on any atom is -0.355 e. The number of amides is 2. The van der Waals surface area contributed by atoms with Gasteiger partial charge in [-0.2, -0.15) is 0 Å². The van der Waals surface area contributed by atoms with Crippen LogP contribution in [-0.2, 0) is 16.1 Å². The molecule has 0 spiro atoms. The smallest absolute Gasteiger partial charge is 0.228 e. The van der Waals surface area contributed by atoms with Gasteiger partial charge in [-0.25, -0.2) is 0 Å². The van der Waals surface area contributed by atoms with Crippen LogP contribution in [0.1, 0.15) is 25.8 Å². The molecule has 0 bridgehead atoms. The van der Waals surface area contributed by atoms with Gasteiger partial charge in [-0.1, -0.05) is 30.3 Å². The van der Waals surface area contributed by atoms with Crippen LogP contribution in [-0.4, -0.2) is 29.3 Å². The summed E-state index contributed by atoms with van der Waals surface area (Å²) in [4.78, 5) is 25.5. The number of benzene rings is 1. The van der Waals surface area contributed by atoms with Crippen LogP contribution in [0.4, 0.5) is 0 Å². The predicted octanol–water partition coefficient (Wildman–Crippen LogP) is 1.56. The molecule has 2 amide bonds.